The van der Waals surface area contributed by atoms with E-state index in [9.17, 15) is 4.39 Å². The van der Waals surface area contributed by atoms with Gasteiger partial charge in [-0.05, 0) is 36.6 Å². The van der Waals surface area contributed by atoms with Crippen LogP contribution < -0.4 is 5.31 Å². The van der Waals surface area contributed by atoms with Crippen LogP contribution in [0.5, 0.6) is 0 Å². The highest BCUT2D eigenvalue weighted by Crippen LogP contribution is 2.33. The average Bonchev–Trinajstić information content (AvgIpc) is 3.08. The first-order valence-corrected chi connectivity index (χ1v) is 9.34. The van der Waals surface area contributed by atoms with Gasteiger partial charge in [-0.3, -0.25) is 4.90 Å². The lowest BCUT2D eigenvalue weighted by Crippen LogP contribution is -2.38. The van der Waals surface area contributed by atoms with Gasteiger partial charge in [-0.15, -0.1) is 11.3 Å². The number of likely N-dealkylation sites (tertiary alicyclic amines) is 1. The van der Waals surface area contributed by atoms with Gasteiger partial charge in [0.25, 0.3) is 0 Å². The Labute approximate surface area is 173 Å². The monoisotopic (exact) mass is 407 g/mol. The maximum atomic E-state index is 13.8. The van der Waals surface area contributed by atoms with Gasteiger partial charge < -0.3 is 5.31 Å². The van der Waals surface area contributed by atoms with Crippen LogP contribution in [0.2, 0.25) is 5.75 Å². The number of fused-ring (bicyclic) bond motifs is 1. The van der Waals surface area contributed by atoms with E-state index in [1.165, 1.54) is 12.1 Å². The van der Waals surface area contributed by atoms with Crippen molar-refractivity contribution in [2.45, 2.75) is 25.4 Å². The number of piperidine rings is 1. The molecule has 3 aromatic rings. The van der Waals surface area contributed by atoms with Crippen molar-refractivity contribution in [2.24, 2.45) is 0 Å². The third-order valence-electron chi connectivity index (χ3n) is 4.15. The lowest BCUT2D eigenvalue weighted by atomic mass is 10.0. The number of hydrogen-bond donors (Lipinski definition) is 1. The van der Waals surface area contributed by atoms with E-state index < -0.39 is 24.4 Å². The number of aromatic nitrogens is 2. The zero-order valence-corrected chi connectivity index (χ0v) is 15.5. The number of thiophene rings is 1. The molecule has 0 spiro atoms. The summed E-state index contributed by atoms with van der Waals surface area (Å²) in [7, 11) is 0. The number of nitrogens with zero attached hydrogens (tertiary/aromatic N) is 4. The third-order valence-corrected chi connectivity index (χ3v) is 5.34. The first-order chi connectivity index (χ1) is 15.6. The molecule has 1 aliphatic rings. The van der Waals surface area contributed by atoms with Gasteiger partial charge in [0.2, 0.25) is 0 Å². The maximum Gasteiger partial charge on any atom is 0.162 e. The summed E-state index contributed by atoms with van der Waals surface area (Å²) < 4.78 is 63.9. The smallest absolute Gasteiger partial charge is 0.162 e. The third kappa shape index (κ3) is 4.03. The summed E-state index contributed by atoms with van der Waals surface area (Å²) in [6.45, 7) is -0.439. The second-order valence-corrected chi connectivity index (χ2v) is 7.56. The molecule has 1 saturated heterocycles. The summed E-state index contributed by atoms with van der Waals surface area (Å²) in [5, 5.41) is 9.99. The molecule has 1 unspecified atom stereocenters. The van der Waals surface area contributed by atoms with E-state index in [1.807, 2.05) is 0 Å². The molecule has 0 bridgehead atoms. The zero-order chi connectivity index (χ0) is 24.1. The fraction of sp³-hybridized carbons (Fsp3) is 0.316. The first-order valence-electron chi connectivity index (χ1n) is 11.2. The Balaban J connectivity index is 1.56. The fourth-order valence-corrected chi connectivity index (χ4v) is 3.85. The van der Waals surface area contributed by atoms with Crippen LogP contribution in [0.25, 0.3) is 10.2 Å². The normalized spacial score (nSPS) is 21.2. The van der Waals surface area contributed by atoms with Crippen molar-refractivity contribution in [1.82, 2.24) is 14.9 Å². The molecule has 1 N–H and O–H groups in total. The lowest BCUT2D eigenvalue weighted by Gasteiger charge is -2.32. The summed E-state index contributed by atoms with van der Waals surface area (Å²) in [6, 6.07) is 2.27. The van der Waals surface area contributed by atoms with Crippen molar-refractivity contribution in [3.63, 3.8) is 0 Å². The van der Waals surface area contributed by atoms with Crippen LogP contribution in [0.4, 0.5) is 10.2 Å². The summed E-state index contributed by atoms with van der Waals surface area (Å²) in [6.07, 6.45) is -0.0457. The molecule has 138 valence electrons. The molecule has 0 amide bonds. The summed E-state index contributed by atoms with van der Waals surface area (Å²) in [5.41, 5.74) is 0.187. The van der Waals surface area contributed by atoms with Crippen LogP contribution in [0.15, 0.2) is 30.5 Å². The highest BCUT2D eigenvalue weighted by molar-refractivity contribution is 7.23. The van der Waals surface area contributed by atoms with E-state index in [0.29, 0.717) is 10.3 Å². The SMILES string of the molecule is [2H]c1nc(N([2H])C2([2H])CCN(C([2H])c3cc([2H])c(F)c(C#N)c3)CC2)c2sc(Cl)c([2H])c2n1. The Bertz CT molecular complexity index is 1280. The van der Waals surface area contributed by atoms with Crippen LogP contribution in [-0.4, -0.2) is 34.0 Å². The molecular weight excluding hydrogens is 385 g/mol. The number of hydrogen-bond acceptors (Lipinski definition) is 6. The van der Waals surface area contributed by atoms with Crippen LogP contribution in [0.3, 0.4) is 0 Å². The van der Waals surface area contributed by atoms with E-state index >= 15 is 0 Å². The molecule has 0 aliphatic carbocycles. The van der Waals surface area contributed by atoms with Crippen LogP contribution in [-0.2, 0) is 6.52 Å². The predicted octanol–water partition coefficient (Wildman–Crippen LogP) is 4.43. The van der Waals surface area contributed by atoms with Crippen LogP contribution in [0, 0.1) is 17.1 Å². The van der Waals surface area contributed by atoms with Gasteiger partial charge in [-0.25, -0.2) is 14.4 Å². The molecule has 8 heteroatoms. The number of anilines is 1. The van der Waals surface area contributed by atoms with Crippen LogP contribution in [0.1, 0.15) is 30.8 Å². The van der Waals surface area contributed by atoms with E-state index in [4.69, 9.17) is 25.1 Å². The molecular formula is C19H17ClFN5S. The molecule has 1 aromatic carbocycles. The second kappa shape index (κ2) is 7.77. The van der Waals surface area contributed by atoms with Gasteiger partial charge in [0.1, 0.15) is 25.4 Å². The van der Waals surface area contributed by atoms with E-state index in [0.717, 1.165) is 16.6 Å². The molecule has 1 aliphatic heterocycles. The second-order valence-electron chi connectivity index (χ2n) is 5.94. The average molecular weight is 408 g/mol. The van der Waals surface area contributed by atoms with Gasteiger partial charge >= 0.3 is 0 Å². The maximum absolute atomic E-state index is 13.8. The summed E-state index contributed by atoms with van der Waals surface area (Å²) in [4.78, 5) is 9.67. The highest BCUT2D eigenvalue weighted by Gasteiger charge is 2.21. The molecule has 1 atom stereocenters. The fourth-order valence-electron chi connectivity index (χ4n) is 2.83. The van der Waals surface area contributed by atoms with Gasteiger partial charge in [0.05, 0.1) is 24.2 Å². The molecule has 5 nitrogen and oxygen atoms in total. The van der Waals surface area contributed by atoms with Crippen molar-refractivity contribution in [2.75, 3.05) is 18.4 Å². The van der Waals surface area contributed by atoms with Crippen molar-refractivity contribution in [1.29, 1.82) is 5.26 Å². The number of halogens is 2. The lowest BCUT2D eigenvalue weighted by molar-refractivity contribution is 0.211. The van der Waals surface area contributed by atoms with E-state index in [1.54, 1.807) is 11.0 Å². The van der Waals surface area contributed by atoms with Crippen LogP contribution >= 0.6 is 22.9 Å². The Morgan fingerprint density at radius 2 is 2.37 bits per heavy atom. The first kappa shape index (κ1) is 12.2. The summed E-state index contributed by atoms with van der Waals surface area (Å²) >= 11 is 7.07. The molecule has 1 fully saturated rings. The molecule has 27 heavy (non-hydrogen) atoms. The Morgan fingerprint density at radius 3 is 3.15 bits per heavy atom. The highest BCUT2D eigenvalue weighted by atomic mass is 35.5. The Kier molecular flexibility index (Phi) is 3.52. The molecule has 3 heterocycles. The van der Waals surface area contributed by atoms with Gasteiger partial charge in [0.15, 0.2) is 1.41 Å². The largest absolute Gasteiger partial charge is 0.366 e. The number of nitrogens with one attached hydrogen (secondary N) is 1. The summed E-state index contributed by atoms with van der Waals surface area (Å²) in [5.74, 6) is -0.881. The number of rotatable bonds is 4. The Morgan fingerprint density at radius 1 is 1.56 bits per heavy atom. The van der Waals surface area contributed by atoms with Gasteiger partial charge in [0, 0.05) is 27.0 Å². The van der Waals surface area contributed by atoms with Gasteiger partial charge in [-0.2, -0.15) is 5.26 Å². The minimum Gasteiger partial charge on any atom is -0.366 e. The number of benzene rings is 1. The minimum absolute atomic E-state index is 0.0392. The quantitative estimate of drug-likeness (QED) is 0.692. The standard InChI is InChI=1S/C19H17ClFN5S/c20-17-8-16-18(27-17)19(24-11-23-16)25-14-3-5-26(6-4-14)10-12-1-2-15(21)13(7-12)9-22/h1-2,7-8,11,14H,3-6,10H2,(H,23,24,25)/i2D,8D,10D,11D,14D/hD. The van der Waals surface area contributed by atoms with E-state index in [2.05, 4.69) is 9.97 Å². The van der Waals surface area contributed by atoms with Crippen molar-refractivity contribution < 1.29 is 12.7 Å². The van der Waals surface area contributed by atoms with Crippen molar-refractivity contribution in [3.05, 3.63) is 51.8 Å². The topological polar surface area (TPSA) is 64.8 Å². The zero-order valence-electron chi connectivity index (χ0n) is 20.0. The predicted molar refractivity (Wildman–Crippen MR) is 105 cm³/mol. The van der Waals surface area contributed by atoms with E-state index in [-0.39, 0.29) is 59.5 Å². The molecule has 2 aromatic heterocycles. The van der Waals surface area contributed by atoms with Gasteiger partial charge in [-0.1, -0.05) is 17.7 Å². The van der Waals surface area contributed by atoms with Crippen molar-refractivity contribution in [3.8, 4) is 6.07 Å². The molecule has 0 saturated carbocycles. The Hall–Kier alpha value is -2.27. The number of nitriles is 1. The minimum atomic E-state index is -1.41. The molecule has 0 radical (unpaired) electrons. The van der Waals surface area contributed by atoms with Crippen molar-refractivity contribution >= 4 is 39.0 Å². The molecule has 4 rings (SSSR count).